The largest absolute Gasteiger partial charge is 0.458 e. The van der Waals surface area contributed by atoms with Crippen molar-refractivity contribution in [3.63, 3.8) is 0 Å². The zero-order valence-corrected chi connectivity index (χ0v) is 16.9. The lowest BCUT2D eigenvalue weighted by Gasteiger charge is -2.63. The summed E-state index contributed by atoms with van der Waals surface area (Å²) in [5.74, 6) is 0.832. The van der Waals surface area contributed by atoms with E-state index in [-0.39, 0.29) is 29.8 Å². The number of ether oxygens (including phenoxy) is 1. The Hall–Kier alpha value is -1.20. The fraction of sp³-hybridized carbons (Fsp3) is 0.826. The second-order valence-corrected chi connectivity index (χ2v) is 10.7. The van der Waals surface area contributed by atoms with Crippen molar-refractivity contribution < 1.29 is 24.5 Å². The predicted molar refractivity (Wildman–Crippen MR) is 102 cm³/mol. The van der Waals surface area contributed by atoms with Gasteiger partial charge in [-0.3, -0.25) is 4.79 Å². The Morgan fingerprint density at radius 2 is 1.89 bits per heavy atom. The molecular formula is C23H32O5. The first-order chi connectivity index (χ1) is 13.2. The summed E-state index contributed by atoms with van der Waals surface area (Å²) in [6.07, 6.45) is 7.35. The topological polar surface area (TPSA) is 83.8 Å². The molecule has 4 fully saturated rings. The number of Topliss-reactive ketones (excluding diaryl/α,β-unsaturated/α-hetero) is 1. The van der Waals surface area contributed by atoms with Gasteiger partial charge in [0.05, 0.1) is 11.7 Å². The van der Waals surface area contributed by atoms with Crippen LogP contribution in [0.25, 0.3) is 0 Å². The predicted octanol–water partition coefficient (Wildman–Crippen LogP) is 2.78. The number of esters is 1. The Morgan fingerprint density at radius 1 is 1.11 bits per heavy atom. The summed E-state index contributed by atoms with van der Waals surface area (Å²) in [4.78, 5) is 23.7. The van der Waals surface area contributed by atoms with E-state index < -0.39 is 17.1 Å². The molecule has 1 heterocycles. The molecule has 0 bridgehead atoms. The highest BCUT2D eigenvalue weighted by molar-refractivity contribution is 5.85. The van der Waals surface area contributed by atoms with E-state index in [9.17, 15) is 19.8 Å². The van der Waals surface area contributed by atoms with Crippen LogP contribution in [0.4, 0.5) is 0 Å². The van der Waals surface area contributed by atoms with E-state index in [1.165, 1.54) is 6.08 Å². The number of hydrogen-bond donors (Lipinski definition) is 2. The highest BCUT2D eigenvalue weighted by Gasteiger charge is 2.70. The molecule has 0 aromatic rings. The summed E-state index contributed by atoms with van der Waals surface area (Å²) >= 11 is 0. The Bertz CT molecular complexity index is 758. The van der Waals surface area contributed by atoms with E-state index in [0.29, 0.717) is 36.9 Å². The van der Waals surface area contributed by atoms with Crippen LogP contribution in [0.2, 0.25) is 0 Å². The van der Waals surface area contributed by atoms with Crippen molar-refractivity contribution in [2.45, 2.75) is 76.9 Å². The maximum absolute atomic E-state index is 12.1. The van der Waals surface area contributed by atoms with Gasteiger partial charge in [0.25, 0.3) is 0 Å². The summed E-state index contributed by atoms with van der Waals surface area (Å²) in [5, 5.41) is 23.1. The summed E-state index contributed by atoms with van der Waals surface area (Å²) in [6, 6.07) is 0. The van der Waals surface area contributed by atoms with Crippen LogP contribution in [-0.2, 0) is 14.3 Å². The maximum atomic E-state index is 12.1. The van der Waals surface area contributed by atoms with Crippen LogP contribution >= 0.6 is 0 Å². The number of carbonyl (C=O) groups is 2. The molecular weight excluding hydrogens is 356 g/mol. The van der Waals surface area contributed by atoms with Gasteiger partial charge < -0.3 is 14.9 Å². The summed E-state index contributed by atoms with van der Waals surface area (Å²) in [5.41, 5.74) is -0.413. The molecule has 5 nitrogen and oxygen atoms in total. The minimum absolute atomic E-state index is 0.114. The van der Waals surface area contributed by atoms with Gasteiger partial charge in [0.2, 0.25) is 0 Å². The quantitative estimate of drug-likeness (QED) is 0.675. The molecule has 0 aromatic carbocycles. The summed E-state index contributed by atoms with van der Waals surface area (Å²) in [6.45, 7) is 4.70. The highest BCUT2D eigenvalue weighted by atomic mass is 16.5. The van der Waals surface area contributed by atoms with Gasteiger partial charge in [-0.05, 0) is 60.8 Å². The van der Waals surface area contributed by atoms with Crippen LogP contribution in [0.1, 0.15) is 65.2 Å². The lowest BCUT2D eigenvalue weighted by molar-refractivity contribution is -0.203. The first-order valence-electron chi connectivity index (χ1n) is 11.0. The summed E-state index contributed by atoms with van der Waals surface area (Å²) in [7, 11) is 0. The molecule has 0 spiro atoms. The van der Waals surface area contributed by atoms with Crippen LogP contribution in [-0.4, -0.2) is 40.3 Å². The third kappa shape index (κ3) is 2.26. The van der Waals surface area contributed by atoms with E-state index in [1.807, 2.05) is 0 Å². The number of rotatable bonds is 1. The number of aliphatic hydroxyl groups excluding tert-OH is 1. The van der Waals surface area contributed by atoms with E-state index in [0.717, 1.165) is 37.7 Å². The Kier molecular flexibility index (Phi) is 3.97. The van der Waals surface area contributed by atoms with Gasteiger partial charge in [0.15, 0.2) is 0 Å². The third-order valence-corrected chi connectivity index (χ3v) is 9.76. The number of ketones is 1. The van der Waals surface area contributed by atoms with E-state index in [1.54, 1.807) is 0 Å². The molecule has 1 aliphatic heterocycles. The average molecular weight is 389 g/mol. The fourth-order valence-corrected chi connectivity index (χ4v) is 8.28. The molecule has 2 N–H and O–H groups in total. The minimum Gasteiger partial charge on any atom is -0.458 e. The molecule has 5 heteroatoms. The molecule has 0 saturated heterocycles. The molecule has 0 aromatic heterocycles. The normalized spacial score (nSPS) is 53.1. The molecule has 0 unspecified atom stereocenters. The molecule has 0 amide bonds. The molecule has 0 radical (unpaired) electrons. The van der Waals surface area contributed by atoms with Gasteiger partial charge in [0.1, 0.15) is 12.4 Å². The number of fused-ring (bicyclic) bond motifs is 5. The van der Waals surface area contributed by atoms with Gasteiger partial charge in [-0.1, -0.05) is 13.8 Å². The van der Waals surface area contributed by atoms with Gasteiger partial charge >= 0.3 is 5.97 Å². The second kappa shape index (κ2) is 5.91. The number of carbonyl (C=O) groups excluding carboxylic acids is 2. The first-order valence-corrected chi connectivity index (χ1v) is 11.0. The van der Waals surface area contributed by atoms with Crippen LogP contribution in [0.5, 0.6) is 0 Å². The zero-order valence-electron chi connectivity index (χ0n) is 16.9. The Labute approximate surface area is 166 Å². The van der Waals surface area contributed by atoms with Crippen molar-refractivity contribution in [3.8, 4) is 0 Å². The second-order valence-electron chi connectivity index (χ2n) is 10.7. The van der Waals surface area contributed by atoms with Crippen LogP contribution < -0.4 is 0 Å². The van der Waals surface area contributed by atoms with E-state index in [4.69, 9.17) is 4.74 Å². The minimum atomic E-state index is -0.929. The van der Waals surface area contributed by atoms with Crippen molar-refractivity contribution in [1.29, 1.82) is 0 Å². The smallest absolute Gasteiger partial charge is 0.331 e. The SMILES string of the molecule is C[C@]12CCC(=O)C[C@H]1CC[C@@H]1[C@@H]2CC[C@]2(C)[C@@H](C3=CC(=O)OC3)[C@@H](O)C[C@]12O. The Balaban J connectivity index is 1.51. The highest BCUT2D eigenvalue weighted by Crippen LogP contribution is 2.69. The number of hydrogen-bond acceptors (Lipinski definition) is 5. The fourth-order valence-electron chi connectivity index (χ4n) is 8.28. The lowest BCUT2D eigenvalue weighted by Crippen LogP contribution is -2.62. The molecule has 8 atom stereocenters. The zero-order chi connectivity index (χ0) is 19.9. The molecule has 154 valence electrons. The summed E-state index contributed by atoms with van der Waals surface area (Å²) < 4.78 is 5.13. The molecule has 4 aliphatic carbocycles. The third-order valence-electron chi connectivity index (χ3n) is 9.76. The van der Waals surface area contributed by atoms with Crippen molar-refractivity contribution in [2.75, 3.05) is 6.61 Å². The molecule has 5 rings (SSSR count). The van der Waals surface area contributed by atoms with Crippen molar-refractivity contribution in [3.05, 3.63) is 11.6 Å². The van der Waals surface area contributed by atoms with Crippen molar-refractivity contribution in [1.82, 2.24) is 0 Å². The molecule has 28 heavy (non-hydrogen) atoms. The van der Waals surface area contributed by atoms with Crippen LogP contribution in [0.3, 0.4) is 0 Å². The van der Waals surface area contributed by atoms with Gasteiger partial charge in [-0.15, -0.1) is 0 Å². The van der Waals surface area contributed by atoms with E-state index >= 15 is 0 Å². The number of cyclic esters (lactones) is 1. The van der Waals surface area contributed by atoms with Gasteiger partial charge in [-0.2, -0.15) is 0 Å². The maximum Gasteiger partial charge on any atom is 0.331 e. The monoisotopic (exact) mass is 388 g/mol. The molecule has 5 aliphatic rings. The lowest BCUT2D eigenvalue weighted by atomic mass is 9.43. The van der Waals surface area contributed by atoms with E-state index in [2.05, 4.69) is 13.8 Å². The van der Waals surface area contributed by atoms with Crippen molar-refractivity contribution in [2.24, 2.45) is 34.5 Å². The number of aliphatic hydroxyl groups is 2. The first kappa shape index (κ1) is 18.8. The molecule has 4 saturated carbocycles. The average Bonchev–Trinajstić information content (AvgIpc) is 3.13. The van der Waals surface area contributed by atoms with Crippen LogP contribution in [0.15, 0.2) is 11.6 Å². The van der Waals surface area contributed by atoms with Crippen LogP contribution in [0, 0.1) is 34.5 Å². The van der Waals surface area contributed by atoms with Gasteiger partial charge in [0, 0.05) is 36.7 Å². The Morgan fingerprint density at radius 3 is 2.61 bits per heavy atom. The van der Waals surface area contributed by atoms with Crippen molar-refractivity contribution >= 4 is 11.8 Å². The van der Waals surface area contributed by atoms with Gasteiger partial charge in [-0.25, -0.2) is 4.79 Å². The standard InChI is InChI=1S/C23H32O5/c1-21-7-5-15(24)10-14(21)3-4-17-16(21)6-8-22(2)20(13-9-19(26)28-12-13)18(25)11-23(17,22)27/h9,14,16-18,20,25,27H,3-8,10-12H2,1-2H3/t14-,16+,17-,18+,20+,21+,22-,23+/m1/s1.